The fourth-order valence-electron chi connectivity index (χ4n) is 1.60. The molecular weight excluding hydrogens is 276 g/mol. The third-order valence-electron chi connectivity index (χ3n) is 2.66. The van der Waals surface area contributed by atoms with Gasteiger partial charge in [0.2, 0.25) is 0 Å². The van der Waals surface area contributed by atoms with Crippen LogP contribution in [0.1, 0.15) is 15.9 Å². The molecule has 0 saturated carbocycles. The normalized spacial score (nSPS) is 10.1. The third kappa shape index (κ3) is 4.20. The standard InChI is InChI=1S/C14H15ClN4O/c1-10-2-4-11(5-3-10)14(20)17-7-6-16-13-8-12(15)18-9-19-13/h2-5,8-9H,6-7H2,1H3,(H,17,20)(H,16,18,19). The lowest BCUT2D eigenvalue weighted by molar-refractivity contribution is 0.0955. The van der Waals surface area contributed by atoms with Crippen molar-refractivity contribution in [1.29, 1.82) is 0 Å². The van der Waals surface area contributed by atoms with Crippen molar-refractivity contribution in [2.75, 3.05) is 18.4 Å². The Hall–Kier alpha value is -2.14. The number of hydrogen-bond donors (Lipinski definition) is 2. The number of nitrogens with zero attached hydrogens (tertiary/aromatic N) is 2. The highest BCUT2D eigenvalue weighted by atomic mass is 35.5. The maximum Gasteiger partial charge on any atom is 0.251 e. The van der Waals surface area contributed by atoms with Crippen LogP contribution in [-0.2, 0) is 0 Å². The van der Waals surface area contributed by atoms with E-state index in [0.717, 1.165) is 5.56 Å². The molecule has 1 heterocycles. The monoisotopic (exact) mass is 290 g/mol. The number of aryl methyl sites for hydroxylation is 1. The summed E-state index contributed by atoms with van der Waals surface area (Å²) in [5, 5.41) is 6.26. The largest absolute Gasteiger partial charge is 0.368 e. The minimum absolute atomic E-state index is 0.0903. The lowest BCUT2D eigenvalue weighted by Crippen LogP contribution is -2.28. The van der Waals surface area contributed by atoms with Gasteiger partial charge in [0.25, 0.3) is 5.91 Å². The number of carbonyl (C=O) groups excluding carboxylic acids is 1. The van der Waals surface area contributed by atoms with Crippen LogP contribution < -0.4 is 10.6 Å². The van der Waals surface area contributed by atoms with Gasteiger partial charge >= 0.3 is 0 Å². The summed E-state index contributed by atoms with van der Waals surface area (Å²) < 4.78 is 0. The van der Waals surface area contributed by atoms with E-state index in [4.69, 9.17) is 11.6 Å². The smallest absolute Gasteiger partial charge is 0.251 e. The second kappa shape index (κ2) is 6.86. The van der Waals surface area contributed by atoms with E-state index in [1.54, 1.807) is 6.07 Å². The number of benzene rings is 1. The quantitative estimate of drug-likeness (QED) is 0.655. The summed E-state index contributed by atoms with van der Waals surface area (Å²) in [6.07, 6.45) is 1.38. The fraction of sp³-hybridized carbons (Fsp3) is 0.214. The predicted molar refractivity (Wildman–Crippen MR) is 79.0 cm³/mol. The first-order valence-electron chi connectivity index (χ1n) is 6.21. The Kier molecular flexibility index (Phi) is 4.90. The molecular formula is C14H15ClN4O. The molecule has 1 aromatic carbocycles. The number of anilines is 1. The summed E-state index contributed by atoms with van der Waals surface area (Å²) in [5.41, 5.74) is 1.78. The molecule has 6 heteroatoms. The van der Waals surface area contributed by atoms with E-state index in [1.165, 1.54) is 6.33 Å². The molecule has 5 nitrogen and oxygen atoms in total. The maximum absolute atomic E-state index is 11.8. The number of aromatic nitrogens is 2. The second-order valence-electron chi connectivity index (χ2n) is 4.27. The lowest BCUT2D eigenvalue weighted by Gasteiger charge is -2.07. The minimum atomic E-state index is -0.0903. The van der Waals surface area contributed by atoms with E-state index in [2.05, 4.69) is 20.6 Å². The highest BCUT2D eigenvalue weighted by Gasteiger charge is 2.03. The molecule has 0 aliphatic heterocycles. The first kappa shape index (κ1) is 14.3. The molecule has 1 amide bonds. The lowest BCUT2D eigenvalue weighted by atomic mass is 10.1. The molecule has 0 saturated heterocycles. The van der Waals surface area contributed by atoms with Crippen LogP contribution in [0.15, 0.2) is 36.7 Å². The van der Waals surface area contributed by atoms with Crippen LogP contribution in [0.3, 0.4) is 0 Å². The van der Waals surface area contributed by atoms with Crippen molar-refractivity contribution in [1.82, 2.24) is 15.3 Å². The SMILES string of the molecule is Cc1ccc(C(=O)NCCNc2cc(Cl)ncn2)cc1. The molecule has 104 valence electrons. The average Bonchev–Trinajstić information content (AvgIpc) is 2.44. The summed E-state index contributed by atoms with van der Waals surface area (Å²) in [4.78, 5) is 19.6. The Balaban J connectivity index is 1.76. The molecule has 0 spiro atoms. The van der Waals surface area contributed by atoms with Crippen molar-refractivity contribution in [3.8, 4) is 0 Å². The van der Waals surface area contributed by atoms with Crippen molar-refractivity contribution in [3.05, 3.63) is 52.9 Å². The molecule has 2 N–H and O–H groups in total. The van der Waals surface area contributed by atoms with Gasteiger partial charge in [-0.3, -0.25) is 4.79 Å². The van der Waals surface area contributed by atoms with Crippen LogP contribution in [0.4, 0.5) is 5.82 Å². The van der Waals surface area contributed by atoms with Gasteiger partial charge in [-0.05, 0) is 19.1 Å². The van der Waals surface area contributed by atoms with E-state index in [1.807, 2.05) is 31.2 Å². The van der Waals surface area contributed by atoms with Crippen molar-refractivity contribution in [2.45, 2.75) is 6.92 Å². The van der Waals surface area contributed by atoms with Gasteiger partial charge in [-0.1, -0.05) is 29.3 Å². The number of nitrogens with one attached hydrogen (secondary N) is 2. The molecule has 0 radical (unpaired) electrons. The van der Waals surface area contributed by atoms with Gasteiger partial charge in [-0.25, -0.2) is 9.97 Å². The zero-order valence-corrected chi connectivity index (χ0v) is 11.8. The Labute approximate surface area is 122 Å². The van der Waals surface area contributed by atoms with Crippen LogP contribution in [0.2, 0.25) is 5.15 Å². The molecule has 0 unspecified atom stereocenters. The van der Waals surface area contributed by atoms with E-state index in [0.29, 0.717) is 29.6 Å². The molecule has 2 aromatic rings. The van der Waals surface area contributed by atoms with Gasteiger partial charge < -0.3 is 10.6 Å². The molecule has 0 aliphatic rings. The number of amides is 1. The van der Waals surface area contributed by atoms with Crippen LogP contribution in [0.25, 0.3) is 0 Å². The third-order valence-corrected chi connectivity index (χ3v) is 2.87. The zero-order valence-electron chi connectivity index (χ0n) is 11.1. The summed E-state index contributed by atoms with van der Waals surface area (Å²) in [7, 11) is 0. The first-order chi connectivity index (χ1) is 9.65. The number of hydrogen-bond acceptors (Lipinski definition) is 4. The minimum Gasteiger partial charge on any atom is -0.368 e. The van der Waals surface area contributed by atoms with Crippen molar-refractivity contribution >= 4 is 23.3 Å². The highest BCUT2D eigenvalue weighted by Crippen LogP contribution is 2.07. The maximum atomic E-state index is 11.8. The van der Waals surface area contributed by atoms with Gasteiger partial charge in [0.15, 0.2) is 0 Å². The van der Waals surface area contributed by atoms with Gasteiger partial charge in [0.1, 0.15) is 17.3 Å². The number of rotatable bonds is 5. The molecule has 20 heavy (non-hydrogen) atoms. The van der Waals surface area contributed by atoms with Gasteiger partial charge in [0, 0.05) is 24.7 Å². The number of carbonyl (C=O) groups is 1. The molecule has 2 rings (SSSR count). The Morgan fingerprint density at radius 2 is 1.95 bits per heavy atom. The zero-order chi connectivity index (χ0) is 14.4. The topological polar surface area (TPSA) is 66.9 Å². The van der Waals surface area contributed by atoms with Crippen LogP contribution in [-0.4, -0.2) is 29.0 Å². The molecule has 0 atom stereocenters. The van der Waals surface area contributed by atoms with Crippen LogP contribution in [0, 0.1) is 6.92 Å². The molecule has 0 aliphatic carbocycles. The first-order valence-corrected chi connectivity index (χ1v) is 6.59. The second-order valence-corrected chi connectivity index (χ2v) is 4.66. The summed E-state index contributed by atoms with van der Waals surface area (Å²) >= 11 is 5.74. The fourth-order valence-corrected chi connectivity index (χ4v) is 1.75. The highest BCUT2D eigenvalue weighted by molar-refractivity contribution is 6.29. The van der Waals surface area contributed by atoms with Crippen molar-refractivity contribution in [2.24, 2.45) is 0 Å². The van der Waals surface area contributed by atoms with Gasteiger partial charge in [-0.2, -0.15) is 0 Å². The molecule has 1 aromatic heterocycles. The Morgan fingerprint density at radius 3 is 2.65 bits per heavy atom. The summed E-state index contributed by atoms with van der Waals surface area (Å²) in [6, 6.07) is 9.07. The predicted octanol–water partition coefficient (Wildman–Crippen LogP) is 2.28. The van der Waals surface area contributed by atoms with E-state index in [-0.39, 0.29) is 5.91 Å². The molecule has 0 bridgehead atoms. The summed E-state index contributed by atoms with van der Waals surface area (Å²) in [6.45, 7) is 3.04. The van der Waals surface area contributed by atoms with Crippen molar-refractivity contribution in [3.63, 3.8) is 0 Å². The van der Waals surface area contributed by atoms with E-state index >= 15 is 0 Å². The molecule has 0 fully saturated rings. The average molecular weight is 291 g/mol. The van der Waals surface area contributed by atoms with Crippen molar-refractivity contribution < 1.29 is 4.79 Å². The van der Waals surface area contributed by atoms with Gasteiger partial charge in [0.05, 0.1) is 0 Å². The van der Waals surface area contributed by atoms with E-state index in [9.17, 15) is 4.79 Å². The Morgan fingerprint density at radius 1 is 1.20 bits per heavy atom. The van der Waals surface area contributed by atoms with Gasteiger partial charge in [-0.15, -0.1) is 0 Å². The van der Waals surface area contributed by atoms with Crippen LogP contribution in [0.5, 0.6) is 0 Å². The number of halogens is 1. The Bertz CT molecular complexity index is 586. The summed E-state index contributed by atoms with van der Waals surface area (Å²) in [5.74, 6) is 0.544. The van der Waals surface area contributed by atoms with Crippen LogP contribution >= 0.6 is 11.6 Å². The van der Waals surface area contributed by atoms with E-state index < -0.39 is 0 Å².